The third-order valence-corrected chi connectivity index (χ3v) is 5.35. The molecule has 1 amide bonds. The predicted molar refractivity (Wildman–Crippen MR) is 80.1 cm³/mol. The van der Waals surface area contributed by atoms with E-state index in [1.807, 2.05) is 22.4 Å². The van der Waals surface area contributed by atoms with E-state index in [1.165, 1.54) is 17.8 Å². The molecule has 2 heterocycles. The highest BCUT2D eigenvalue weighted by atomic mass is 32.1. The maximum Gasteiger partial charge on any atom is 0.264 e. The van der Waals surface area contributed by atoms with Gasteiger partial charge in [-0.05, 0) is 24.3 Å². The zero-order chi connectivity index (χ0) is 13.9. The van der Waals surface area contributed by atoms with Crippen molar-refractivity contribution < 1.29 is 9.90 Å². The number of hydrogen-bond acceptors (Lipinski definition) is 4. The number of carbonyl (C=O) groups excluding carboxylic acids is 1. The molecule has 2 atom stereocenters. The summed E-state index contributed by atoms with van der Waals surface area (Å²) in [6.07, 6.45) is 4.21. The summed E-state index contributed by atoms with van der Waals surface area (Å²) in [6, 6.07) is 4.12. The largest absolute Gasteiger partial charge is 0.391 e. The Labute approximate surface area is 124 Å². The van der Waals surface area contributed by atoms with Gasteiger partial charge in [0.05, 0.1) is 11.0 Å². The smallest absolute Gasteiger partial charge is 0.264 e. The van der Waals surface area contributed by atoms with Crippen LogP contribution in [-0.4, -0.2) is 59.1 Å². The van der Waals surface area contributed by atoms with Crippen LogP contribution in [0.1, 0.15) is 35.4 Å². The molecule has 1 aromatic rings. The van der Waals surface area contributed by atoms with E-state index in [0.717, 1.165) is 50.3 Å². The monoisotopic (exact) mass is 294 g/mol. The van der Waals surface area contributed by atoms with Crippen LogP contribution < -0.4 is 0 Å². The Kier molecular flexibility index (Phi) is 4.38. The molecule has 1 saturated heterocycles. The van der Waals surface area contributed by atoms with Gasteiger partial charge in [0.2, 0.25) is 0 Å². The van der Waals surface area contributed by atoms with E-state index < -0.39 is 0 Å². The Morgan fingerprint density at radius 3 is 2.60 bits per heavy atom. The zero-order valence-electron chi connectivity index (χ0n) is 11.7. The summed E-state index contributed by atoms with van der Waals surface area (Å²) in [4.78, 5) is 17.4. The van der Waals surface area contributed by atoms with Gasteiger partial charge in [-0.1, -0.05) is 18.9 Å². The van der Waals surface area contributed by atoms with Crippen LogP contribution in [0.3, 0.4) is 0 Å². The third kappa shape index (κ3) is 2.90. The number of thiophene rings is 1. The molecule has 2 aliphatic rings. The van der Waals surface area contributed by atoms with Crippen molar-refractivity contribution in [3.05, 3.63) is 22.4 Å². The molecule has 1 N–H and O–H groups in total. The molecule has 1 aromatic heterocycles. The van der Waals surface area contributed by atoms with Crippen LogP contribution in [-0.2, 0) is 0 Å². The molecule has 5 heteroatoms. The van der Waals surface area contributed by atoms with Crippen LogP contribution in [0.15, 0.2) is 17.5 Å². The molecule has 2 unspecified atom stereocenters. The van der Waals surface area contributed by atoms with Gasteiger partial charge in [0.1, 0.15) is 0 Å². The minimum absolute atomic E-state index is 0.156. The van der Waals surface area contributed by atoms with Crippen LogP contribution >= 0.6 is 11.3 Å². The Bertz CT molecular complexity index is 441. The number of carbonyl (C=O) groups is 1. The summed E-state index contributed by atoms with van der Waals surface area (Å²) in [7, 11) is 0. The Morgan fingerprint density at radius 1 is 1.20 bits per heavy atom. The highest BCUT2D eigenvalue weighted by Crippen LogP contribution is 2.24. The van der Waals surface area contributed by atoms with Gasteiger partial charge < -0.3 is 10.0 Å². The van der Waals surface area contributed by atoms with E-state index in [-0.39, 0.29) is 12.0 Å². The van der Waals surface area contributed by atoms with Gasteiger partial charge in [-0.2, -0.15) is 0 Å². The lowest BCUT2D eigenvalue weighted by Gasteiger charge is -2.42. The maximum atomic E-state index is 12.3. The first-order valence-electron chi connectivity index (χ1n) is 7.50. The summed E-state index contributed by atoms with van der Waals surface area (Å²) in [5.41, 5.74) is 0. The van der Waals surface area contributed by atoms with Crippen molar-refractivity contribution in [2.24, 2.45) is 0 Å². The van der Waals surface area contributed by atoms with Gasteiger partial charge in [-0.15, -0.1) is 11.3 Å². The van der Waals surface area contributed by atoms with Crippen LogP contribution in [0.5, 0.6) is 0 Å². The predicted octanol–water partition coefficient (Wildman–Crippen LogP) is 1.81. The second-order valence-electron chi connectivity index (χ2n) is 5.72. The lowest BCUT2D eigenvalue weighted by atomic mass is 9.91. The summed E-state index contributed by atoms with van der Waals surface area (Å²) in [6.45, 7) is 3.33. The first-order chi connectivity index (χ1) is 9.75. The number of hydrogen-bond donors (Lipinski definition) is 1. The molecule has 110 valence electrons. The van der Waals surface area contributed by atoms with Crippen molar-refractivity contribution >= 4 is 17.2 Å². The fourth-order valence-corrected chi connectivity index (χ4v) is 4.02. The average Bonchev–Trinajstić information content (AvgIpc) is 3.01. The van der Waals surface area contributed by atoms with Crippen LogP contribution in [0, 0.1) is 0 Å². The fourth-order valence-electron chi connectivity index (χ4n) is 3.33. The molecule has 4 nitrogen and oxygen atoms in total. The number of nitrogens with zero attached hydrogens (tertiary/aromatic N) is 2. The van der Waals surface area contributed by atoms with E-state index >= 15 is 0 Å². The summed E-state index contributed by atoms with van der Waals surface area (Å²) < 4.78 is 0. The molecule has 0 spiro atoms. The highest BCUT2D eigenvalue weighted by Gasteiger charge is 2.32. The minimum Gasteiger partial charge on any atom is -0.391 e. The second-order valence-corrected chi connectivity index (χ2v) is 6.67. The lowest BCUT2D eigenvalue weighted by Crippen LogP contribution is -2.55. The second kappa shape index (κ2) is 6.24. The van der Waals surface area contributed by atoms with Gasteiger partial charge in [-0.25, -0.2) is 0 Å². The van der Waals surface area contributed by atoms with Crippen LogP contribution in [0.4, 0.5) is 0 Å². The van der Waals surface area contributed by atoms with Gasteiger partial charge in [0, 0.05) is 32.2 Å². The van der Waals surface area contributed by atoms with Crippen molar-refractivity contribution in [3.63, 3.8) is 0 Å². The molecular formula is C15H22N2O2S. The van der Waals surface area contributed by atoms with E-state index in [4.69, 9.17) is 0 Å². The van der Waals surface area contributed by atoms with Crippen molar-refractivity contribution in [1.82, 2.24) is 9.80 Å². The van der Waals surface area contributed by atoms with Crippen molar-refractivity contribution in [2.45, 2.75) is 37.8 Å². The maximum absolute atomic E-state index is 12.3. The number of rotatable bonds is 2. The van der Waals surface area contributed by atoms with Gasteiger partial charge in [-0.3, -0.25) is 9.69 Å². The number of piperazine rings is 1. The number of amides is 1. The summed E-state index contributed by atoms with van der Waals surface area (Å²) >= 11 is 1.51. The zero-order valence-corrected chi connectivity index (χ0v) is 12.5. The Morgan fingerprint density at radius 2 is 1.95 bits per heavy atom. The van der Waals surface area contributed by atoms with E-state index in [9.17, 15) is 9.90 Å². The van der Waals surface area contributed by atoms with Crippen molar-refractivity contribution in [3.8, 4) is 0 Å². The summed E-state index contributed by atoms with van der Waals surface area (Å²) in [5, 5.41) is 12.1. The molecular weight excluding hydrogens is 272 g/mol. The molecule has 2 fully saturated rings. The van der Waals surface area contributed by atoms with Gasteiger partial charge >= 0.3 is 0 Å². The van der Waals surface area contributed by atoms with E-state index in [0.29, 0.717) is 6.04 Å². The molecule has 3 rings (SSSR count). The van der Waals surface area contributed by atoms with Crippen LogP contribution in [0.25, 0.3) is 0 Å². The minimum atomic E-state index is -0.178. The molecule has 1 aliphatic carbocycles. The van der Waals surface area contributed by atoms with Crippen molar-refractivity contribution in [1.29, 1.82) is 0 Å². The molecule has 20 heavy (non-hydrogen) atoms. The normalized spacial score (nSPS) is 28.6. The molecule has 1 aliphatic heterocycles. The van der Waals surface area contributed by atoms with Crippen LogP contribution in [0.2, 0.25) is 0 Å². The Hall–Kier alpha value is -0.910. The van der Waals surface area contributed by atoms with E-state index in [2.05, 4.69) is 4.90 Å². The average molecular weight is 294 g/mol. The first-order valence-corrected chi connectivity index (χ1v) is 8.38. The SMILES string of the molecule is O=C(c1cccs1)N1CCN(C2CCCCC2O)CC1. The number of aliphatic hydroxyl groups is 1. The first kappa shape index (κ1) is 14.0. The van der Waals surface area contributed by atoms with Crippen molar-refractivity contribution in [2.75, 3.05) is 26.2 Å². The Balaban J connectivity index is 1.55. The van der Waals surface area contributed by atoms with E-state index in [1.54, 1.807) is 0 Å². The van der Waals surface area contributed by atoms with Gasteiger partial charge in [0.15, 0.2) is 0 Å². The van der Waals surface area contributed by atoms with Gasteiger partial charge in [0.25, 0.3) is 5.91 Å². The summed E-state index contributed by atoms with van der Waals surface area (Å²) in [5.74, 6) is 0.156. The molecule has 1 saturated carbocycles. The molecule has 0 aromatic carbocycles. The standard InChI is InChI=1S/C15H22N2O2S/c18-13-5-2-1-4-12(13)16-7-9-17(10-8-16)15(19)14-6-3-11-20-14/h3,6,11-13,18H,1-2,4-5,7-10H2. The third-order valence-electron chi connectivity index (χ3n) is 4.50. The highest BCUT2D eigenvalue weighted by molar-refractivity contribution is 7.12. The quantitative estimate of drug-likeness (QED) is 0.905. The molecule has 0 bridgehead atoms. The fraction of sp³-hybridized carbons (Fsp3) is 0.667. The topological polar surface area (TPSA) is 43.8 Å². The lowest BCUT2D eigenvalue weighted by molar-refractivity contribution is -0.00163. The number of aliphatic hydroxyl groups excluding tert-OH is 1. The molecule has 0 radical (unpaired) electrons.